The van der Waals surface area contributed by atoms with Crippen molar-refractivity contribution in [3.8, 4) is 0 Å². The second kappa shape index (κ2) is 5.74. The molecule has 0 saturated heterocycles. The molecular formula is C16H18N4. The molecule has 0 atom stereocenters. The van der Waals surface area contributed by atoms with Crippen LogP contribution in [0.15, 0.2) is 48.8 Å². The van der Waals surface area contributed by atoms with E-state index in [2.05, 4.69) is 40.5 Å². The van der Waals surface area contributed by atoms with Gasteiger partial charge in [0.15, 0.2) is 0 Å². The van der Waals surface area contributed by atoms with E-state index in [0.717, 1.165) is 36.4 Å². The maximum Gasteiger partial charge on any atom is 0.125 e. The van der Waals surface area contributed by atoms with Crippen LogP contribution in [-0.2, 0) is 6.54 Å². The minimum Gasteiger partial charge on any atom is -0.370 e. The van der Waals surface area contributed by atoms with Crippen LogP contribution in [0.3, 0.4) is 0 Å². The lowest BCUT2D eigenvalue weighted by molar-refractivity contribution is 0.710. The summed E-state index contributed by atoms with van der Waals surface area (Å²) in [5.74, 6) is 0.931. The molecule has 0 saturated carbocycles. The quantitative estimate of drug-likeness (QED) is 0.770. The Balaban J connectivity index is 1.77. The van der Waals surface area contributed by atoms with Crippen LogP contribution >= 0.6 is 0 Å². The van der Waals surface area contributed by atoms with Gasteiger partial charge in [-0.15, -0.1) is 0 Å². The van der Waals surface area contributed by atoms with E-state index in [1.165, 1.54) is 5.39 Å². The molecule has 0 amide bonds. The van der Waals surface area contributed by atoms with Crippen molar-refractivity contribution < 1.29 is 0 Å². The lowest BCUT2D eigenvalue weighted by Crippen LogP contribution is -2.04. The molecule has 1 aromatic carbocycles. The van der Waals surface area contributed by atoms with Crippen LogP contribution in [-0.4, -0.2) is 21.3 Å². The molecule has 4 nitrogen and oxygen atoms in total. The summed E-state index contributed by atoms with van der Waals surface area (Å²) in [7, 11) is 0. The van der Waals surface area contributed by atoms with Crippen molar-refractivity contribution in [3.63, 3.8) is 0 Å². The number of nitrogens with zero attached hydrogens (tertiary/aromatic N) is 3. The number of hydrogen-bond donors (Lipinski definition) is 1. The average Bonchev–Trinajstić information content (AvgIpc) is 2.90. The van der Waals surface area contributed by atoms with E-state index < -0.39 is 0 Å². The van der Waals surface area contributed by atoms with Crippen LogP contribution in [0.1, 0.15) is 18.9 Å². The van der Waals surface area contributed by atoms with Gasteiger partial charge >= 0.3 is 0 Å². The molecule has 0 spiro atoms. The lowest BCUT2D eigenvalue weighted by atomic mass is 10.2. The van der Waals surface area contributed by atoms with E-state index in [1.807, 2.05) is 35.3 Å². The van der Waals surface area contributed by atoms with Gasteiger partial charge in [0, 0.05) is 18.1 Å². The Kier molecular flexibility index (Phi) is 3.63. The molecule has 0 aliphatic heterocycles. The number of nitrogens with one attached hydrogen (secondary N) is 1. The lowest BCUT2D eigenvalue weighted by Gasteiger charge is -2.06. The van der Waals surface area contributed by atoms with E-state index >= 15 is 0 Å². The Morgan fingerprint density at radius 3 is 2.80 bits per heavy atom. The third-order valence-electron chi connectivity index (χ3n) is 3.26. The van der Waals surface area contributed by atoms with Gasteiger partial charge in [0.25, 0.3) is 0 Å². The highest BCUT2D eigenvalue weighted by atomic mass is 15.3. The molecule has 0 aliphatic rings. The van der Waals surface area contributed by atoms with Crippen LogP contribution < -0.4 is 5.32 Å². The number of aromatic nitrogens is 3. The fourth-order valence-corrected chi connectivity index (χ4v) is 2.20. The van der Waals surface area contributed by atoms with Crippen molar-refractivity contribution in [1.82, 2.24) is 14.8 Å². The van der Waals surface area contributed by atoms with E-state index in [1.54, 1.807) is 0 Å². The van der Waals surface area contributed by atoms with Crippen molar-refractivity contribution in [3.05, 3.63) is 54.4 Å². The maximum atomic E-state index is 4.44. The predicted molar refractivity (Wildman–Crippen MR) is 81.9 cm³/mol. The molecule has 2 aromatic heterocycles. The summed E-state index contributed by atoms with van der Waals surface area (Å²) in [6.45, 7) is 3.84. The highest BCUT2D eigenvalue weighted by molar-refractivity contribution is 5.78. The highest BCUT2D eigenvalue weighted by Crippen LogP contribution is 2.14. The summed E-state index contributed by atoms with van der Waals surface area (Å²) < 4.78 is 2.01. The van der Waals surface area contributed by atoms with Gasteiger partial charge < -0.3 is 5.32 Å². The number of pyridine rings is 1. The van der Waals surface area contributed by atoms with Crippen LogP contribution in [0.5, 0.6) is 0 Å². The van der Waals surface area contributed by atoms with Crippen LogP contribution in [0.2, 0.25) is 0 Å². The smallest absolute Gasteiger partial charge is 0.125 e. The molecule has 4 heteroatoms. The molecular weight excluding hydrogens is 248 g/mol. The Morgan fingerprint density at radius 1 is 1.10 bits per heavy atom. The first-order chi connectivity index (χ1) is 9.86. The van der Waals surface area contributed by atoms with Crippen molar-refractivity contribution in [2.75, 3.05) is 11.9 Å². The van der Waals surface area contributed by atoms with Gasteiger partial charge in [-0.2, -0.15) is 5.10 Å². The molecule has 0 unspecified atom stereocenters. The van der Waals surface area contributed by atoms with Gasteiger partial charge in [0.1, 0.15) is 5.82 Å². The first-order valence-corrected chi connectivity index (χ1v) is 6.96. The first-order valence-electron chi connectivity index (χ1n) is 6.96. The molecule has 3 aromatic rings. The molecule has 3 rings (SSSR count). The molecule has 102 valence electrons. The molecule has 0 bridgehead atoms. The standard InChI is InChI=1S/C16H18N4/c1-2-9-17-16-8-7-13(10-18-16)12-20-15-6-4-3-5-14(15)11-19-20/h3-8,10-11H,2,9,12H2,1H3,(H,17,18). The zero-order chi connectivity index (χ0) is 13.8. The van der Waals surface area contributed by atoms with Gasteiger partial charge in [-0.3, -0.25) is 4.68 Å². The fourth-order valence-electron chi connectivity index (χ4n) is 2.20. The third kappa shape index (κ3) is 2.64. The zero-order valence-corrected chi connectivity index (χ0v) is 11.6. The molecule has 1 N–H and O–H groups in total. The zero-order valence-electron chi connectivity index (χ0n) is 11.6. The number of fused-ring (bicyclic) bond motifs is 1. The largest absolute Gasteiger partial charge is 0.370 e. The summed E-state index contributed by atoms with van der Waals surface area (Å²) in [5, 5.41) is 8.88. The van der Waals surface area contributed by atoms with Crippen molar-refractivity contribution in [2.24, 2.45) is 0 Å². The van der Waals surface area contributed by atoms with Gasteiger partial charge in [0.05, 0.1) is 18.3 Å². The van der Waals surface area contributed by atoms with Crippen LogP contribution in [0.4, 0.5) is 5.82 Å². The summed E-state index contributed by atoms with van der Waals surface area (Å²) in [6, 6.07) is 12.4. The third-order valence-corrected chi connectivity index (χ3v) is 3.26. The van der Waals surface area contributed by atoms with Crippen molar-refractivity contribution in [1.29, 1.82) is 0 Å². The Morgan fingerprint density at radius 2 is 2.00 bits per heavy atom. The summed E-state index contributed by atoms with van der Waals surface area (Å²) >= 11 is 0. The van der Waals surface area contributed by atoms with Gasteiger partial charge in [-0.05, 0) is 24.1 Å². The molecule has 2 heterocycles. The monoisotopic (exact) mass is 266 g/mol. The number of anilines is 1. The van der Waals surface area contributed by atoms with Gasteiger partial charge in [-0.25, -0.2) is 4.98 Å². The second-order valence-electron chi connectivity index (χ2n) is 4.84. The minimum atomic E-state index is 0.745. The van der Waals surface area contributed by atoms with Crippen molar-refractivity contribution in [2.45, 2.75) is 19.9 Å². The SMILES string of the molecule is CCCNc1ccc(Cn2ncc3ccccc32)cn1. The Labute approximate surface area is 118 Å². The summed E-state index contributed by atoms with van der Waals surface area (Å²) in [5.41, 5.74) is 2.31. The van der Waals surface area contributed by atoms with Gasteiger partial charge in [-0.1, -0.05) is 31.2 Å². The molecule has 20 heavy (non-hydrogen) atoms. The normalized spacial score (nSPS) is 10.8. The number of benzene rings is 1. The van der Waals surface area contributed by atoms with Crippen molar-refractivity contribution >= 4 is 16.7 Å². The Bertz CT molecular complexity index is 685. The topological polar surface area (TPSA) is 42.7 Å². The Hall–Kier alpha value is -2.36. The first kappa shape index (κ1) is 12.7. The van der Waals surface area contributed by atoms with Gasteiger partial charge in [0.2, 0.25) is 0 Å². The van der Waals surface area contributed by atoms with Crippen LogP contribution in [0.25, 0.3) is 10.9 Å². The van der Waals surface area contributed by atoms with E-state index in [4.69, 9.17) is 0 Å². The number of para-hydroxylation sites is 1. The minimum absolute atomic E-state index is 0.745. The predicted octanol–water partition coefficient (Wildman–Crippen LogP) is 3.30. The summed E-state index contributed by atoms with van der Waals surface area (Å²) in [6.07, 6.45) is 4.91. The molecule has 0 fully saturated rings. The van der Waals surface area contributed by atoms with E-state index in [9.17, 15) is 0 Å². The number of rotatable bonds is 5. The second-order valence-corrected chi connectivity index (χ2v) is 4.84. The van der Waals surface area contributed by atoms with Crippen LogP contribution in [0, 0.1) is 0 Å². The highest BCUT2D eigenvalue weighted by Gasteiger charge is 2.03. The molecule has 0 radical (unpaired) electrons. The average molecular weight is 266 g/mol. The van der Waals surface area contributed by atoms with E-state index in [-0.39, 0.29) is 0 Å². The van der Waals surface area contributed by atoms with E-state index in [0.29, 0.717) is 0 Å². The fraction of sp³-hybridized carbons (Fsp3) is 0.250. The summed E-state index contributed by atoms with van der Waals surface area (Å²) in [4.78, 5) is 4.42. The number of hydrogen-bond acceptors (Lipinski definition) is 3. The maximum absolute atomic E-state index is 4.44. The molecule has 0 aliphatic carbocycles.